The Bertz CT molecular complexity index is 897. The molecule has 8 heteroatoms. The van der Waals surface area contributed by atoms with Gasteiger partial charge < -0.3 is 10.1 Å². The lowest BCUT2D eigenvalue weighted by atomic mass is 10.0. The van der Waals surface area contributed by atoms with Crippen molar-refractivity contribution in [2.24, 2.45) is 0 Å². The minimum Gasteiger partial charge on any atom is -0.371 e. The molecule has 27 heavy (non-hydrogen) atoms. The third-order valence-corrected chi connectivity index (χ3v) is 4.80. The molecule has 1 aliphatic heterocycles. The van der Waals surface area contributed by atoms with E-state index in [0.717, 1.165) is 23.2 Å². The van der Waals surface area contributed by atoms with Crippen LogP contribution in [0.5, 0.6) is 0 Å². The number of carbonyl (C=O) groups excluding carboxylic acids is 1. The summed E-state index contributed by atoms with van der Waals surface area (Å²) in [5, 5.41) is 14.8. The van der Waals surface area contributed by atoms with Crippen LogP contribution in [0.4, 0.5) is 0 Å². The van der Waals surface area contributed by atoms with Crippen LogP contribution in [-0.4, -0.2) is 38.8 Å². The summed E-state index contributed by atoms with van der Waals surface area (Å²) in [4.78, 5) is 12.5. The van der Waals surface area contributed by atoms with Gasteiger partial charge in [-0.3, -0.25) is 4.79 Å². The number of nitrogens with zero attached hydrogens (tertiary/aromatic N) is 4. The first-order valence-corrected chi connectivity index (χ1v) is 9.05. The second kappa shape index (κ2) is 7.85. The van der Waals surface area contributed by atoms with Crippen LogP contribution in [0.1, 0.15) is 23.7 Å². The van der Waals surface area contributed by atoms with Crippen molar-refractivity contribution >= 4 is 17.5 Å². The maximum atomic E-state index is 12.5. The highest BCUT2D eigenvalue weighted by Gasteiger charge is 2.30. The van der Waals surface area contributed by atoms with Crippen LogP contribution in [0.3, 0.4) is 0 Å². The summed E-state index contributed by atoms with van der Waals surface area (Å²) < 4.78 is 7.39. The second-order valence-electron chi connectivity index (χ2n) is 6.40. The molecule has 1 saturated heterocycles. The standard InChI is InChI=1S/C19H18ClN5O2/c20-15-5-3-14(4-6-15)19-17(9-10-27-19)22-18(26)11-13-1-7-16(8-2-13)25-12-21-23-24-25/h1-8,12,17,19H,9-11H2,(H,22,26)/t17-,19+/m1/s1. The van der Waals surface area contributed by atoms with Crippen LogP contribution >= 0.6 is 11.6 Å². The molecule has 1 fully saturated rings. The zero-order valence-electron chi connectivity index (χ0n) is 14.5. The number of halogens is 1. The Hall–Kier alpha value is -2.77. The van der Waals surface area contributed by atoms with Crippen LogP contribution in [0, 0.1) is 0 Å². The summed E-state index contributed by atoms with van der Waals surface area (Å²) in [6, 6.07) is 15.1. The molecule has 1 amide bonds. The molecule has 3 aromatic rings. The Morgan fingerprint density at radius 3 is 2.67 bits per heavy atom. The van der Waals surface area contributed by atoms with Gasteiger partial charge in [-0.2, -0.15) is 0 Å². The Labute approximate surface area is 161 Å². The zero-order valence-corrected chi connectivity index (χ0v) is 15.2. The summed E-state index contributed by atoms with van der Waals surface area (Å²) in [7, 11) is 0. The minimum atomic E-state index is -0.145. The Kier molecular flexibility index (Phi) is 5.13. The second-order valence-corrected chi connectivity index (χ2v) is 6.84. The number of rotatable bonds is 5. The molecule has 0 saturated carbocycles. The molecule has 4 rings (SSSR count). The van der Waals surface area contributed by atoms with E-state index in [2.05, 4.69) is 20.8 Å². The van der Waals surface area contributed by atoms with Gasteiger partial charge in [0.1, 0.15) is 12.4 Å². The molecule has 2 aromatic carbocycles. The van der Waals surface area contributed by atoms with Gasteiger partial charge in [0, 0.05) is 11.6 Å². The normalized spacial score (nSPS) is 19.1. The van der Waals surface area contributed by atoms with E-state index >= 15 is 0 Å². The fraction of sp³-hybridized carbons (Fsp3) is 0.263. The predicted molar refractivity (Wildman–Crippen MR) is 99.6 cm³/mol. The van der Waals surface area contributed by atoms with Crippen molar-refractivity contribution in [3.8, 4) is 5.69 Å². The number of nitrogens with one attached hydrogen (secondary N) is 1. The molecule has 0 bridgehead atoms. The average Bonchev–Trinajstić information content (AvgIpc) is 3.35. The molecule has 2 heterocycles. The Morgan fingerprint density at radius 1 is 1.19 bits per heavy atom. The van der Waals surface area contributed by atoms with E-state index in [0.29, 0.717) is 18.1 Å². The number of hydrogen-bond donors (Lipinski definition) is 1. The summed E-state index contributed by atoms with van der Waals surface area (Å²) >= 11 is 5.95. The number of benzene rings is 2. The smallest absolute Gasteiger partial charge is 0.224 e. The van der Waals surface area contributed by atoms with Gasteiger partial charge >= 0.3 is 0 Å². The van der Waals surface area contributed by atoms with E-state index in [1.54, 1.807) is 4.68 Å². The van der Waals surface area contributed by atoms with Gasteiger partial charge in [-0.15, -0.1) is 5.10 Å². The highest BCUT2D eigenvalue weighted by Crippen LogP contribution is 2.30. The lowest BCUT2D eigenvalue weighted by Gasteiger charge is -2.20. The fourth-order valence-corrected chi connectivity index (χ4v) is 3.33. The summed E-state index contributed by atoms with van der Waals surface area (Å²) in [6.45, 7) is 0.624. The van der Waals surface area contributed by atoms with Crippen LogP contribution in [-0.2, 0) is 16.0 Å². The van der Waals surface area contributed by atoms with Crippen molar-refractivity contribution in [1.82, 2.24) is 25.5 Å². The monoisotopic (exact) mass is 383 g/mol. The molecular formula is C19H18ClN5O2. The van der Waals surface area contributed by atoms with Gasteiger partial charge in [0.15, 0.2) is 0 Å². The van der Waals surface area contributed by atoms with Crippen molar-refractivity contribution in [3.05, 3.63) is 71.0 Å². The largest absolute Gasteiger partial charge is 0.371 e. The van der Waals surface area contributed by atoms with Crippen molar-refractivity contribution in [1.29, 1.82) is 0 Å². The summed E-state index contributed by atoms with van der Waals surface area (Å²) in [5.41, 5.74) is 2.79. The first-order chi connectivity index (χ1) is 13.2. The highest BCUT2D eigenvalue weighted by atomic mass is 35.5. The van der Waals surface area contributed by atoms with Crippen LogP contribution in [0.2, 0.25) is 5.02 Å². The van der Waals surface area contributed by atoms with Crippen molar-refractivity contribution in [3.63, 3.8) is 0 Å². The molecule has 1 aromatic heterocycles. The molecule has 7 nitrogen and oxygen atoms in total. The van der Waals surface area contributed by atoms with Gasteiger partial charge in [-0.1, -0.05) is 35.9 Å². The molecule has 1 aliphatic rings. The van der Waals surface area contributed by atoms with Crippen molar-refractivity contribution in [2.75, 3.05) is 6.61 Å². The SMILES string of the molecule is O=C(Cc1ccc(-n2cnnn2)cc1)N[C@@H]1CCO[C@H]1c1ccc(Cl)cc1. The quantitative estimate of drug-likeness (QED) is 0.732. The molecule has 0 spiro atoms. The van der Waals surface area contributed by atoms with E-state index in [1.807, 2.05) is 48.5 Å². The van der Waals surface area contributed by atoms with Gasteiger partial charge in [0.25, 0.3) is 0 Å². The molecule has 0 aliphatic carbocycles. The van der Waals surface area contributed by atoms with Gasteiger partial charge in [-0.05, 0) is 52.2 Å². The van der Waals surface area contributed by atoms with E-state index in [9.17, 15) is 4.79 Å². The number of hydrogen-bond acceptors (Lipinski definition) is 5. The Balaban J connectivity index is 1.38. The highest BCUT2D eigenvalue weighted by molar-refractivity contribution is 6.30. The predicted octanol–water partition coefficient (Wildman–Crippen LogP) is 2.50. The van der Waals surface area contributed by atoms with E-state index < -0.39 is 0 Å². The number of amides is 1. The van der Waals surface area contributed by atoms with Crippen LogP contribution in [0.25, 0.3) is 5.69 Å². The molecule has 0 radical (unpaired) electrons. The van der Waals surface area contributed by atoms with E-state index in [-0.39, 0.29) is 18.1 Å². The maximum absolute atomic E-state index is 12.5. The van der Waals surface area contributed by atoms with Gasteiger partial charge in [-0.25, -0.2) is 4.68 Å². The number of carbonyl (C=O) groups is 1. The third kappa shape index (κ3) is 4.15. The molecule has 0 unspecified atom stereocenters. The molecule has 138 valence electrons. The van der Waals surface area contributed by atoms with E-state index in [4.69, 9.17) is 16.3 Å². The summed E-state index contributed by atoms with van der Waals surface area (Å²) in [6.07, 6.45) is 2.48. The van der Waals surface area contributed by atoms with Crippen LogP contribution in [0.15, 0.2) is 54.9 Å². The van der Waals surface area contributed by atoms with Crippen LogP contribution < -0.4 is 5.32 Å². The third-order valence-electron chi connectivity index (χ3n) is 4.55. The number of aromatic nitrogens is 4. The number of ether oxygens (including phenoxy) is 1. The van der Waals surface area contributed by atoms with E-state index in [1.165, 1.54) is 6.33 Å². The van der Waals surface area contributed by atoms with Crippen molar-refractivity contribution in [2.45, 2.75) is 25.0 Å². The topological polar surface area (TPSA) is 81.9 Å². The fourth-order valence-electron chi connectivity index (χ4n) is 3.21. The van der Waals surface area contributed by atoms with Crippen molar-refractivity contribution < 1.29 is 9.53 Å². The lowest BCUT2D eigenvalue weighted by molar-refractivity contribution is -0.121. The maximum Gasteiger partial charge on any atom is 0.224 e. The molecule has 1 N–H and O–H groups in total. The number of tetrazole rings is 1. The molecular weight excluding hydrogens is 366 g/mol. The van der Waals surface area contributed by atoms with Gasteiger partial charge in [0.2, 0.25) is 5.91 Å². The summed E-state index contributed by atoms with van der Waals surface area (Å²) in [5.74, 6) is -0.0281. The lowest BCUT2D eigenvalue weighted by Crippen LogP contribution is -2.37. The average molecular weight is 384 g/mol. The first-order valence-electron chi connectivity index (χ1n) is 8.68. The van der Waals surface area contributed by atoms with Gasteiger partial charge in [0.05, 0.1) is 18.2 Å². The minimum absolute atomic E-state index is 0.0281. The first kappa shape index (κ1) is 17.6. The zero-order chi connectivity index (χ0) is 18.6. The molecule has 2 atom stereocenters. The Morgan fingerprint density at radius 2 is 1.96 bits per heavy atom.